The maximum Gasteiger partial charge on any atom is 0.408 e. The molecule has 0 unspecified atom stereocenters. The molecule has 2 amide bonds. The van der Waals surface area contributed by atoms with E-state index in [0.29, 0.717) is 6.42 Å². The third kappa shape index (κ3) is 4.54. The SMILES string of the molecule is CC(=O)N1c2ccc(-c3ccc(N4CCCCC4)nc3)cc2[C@H](N(C(=O)O)C(C)C)C[C@@H]1C. The van der Waals surface area contributed by atoms with E-state index in [1.54, 1.807) is 11.8 Å². The monoisotopic (exact) mass is 450 g/mol. The van der Waals surface area contributed by atoms with Crippen LogP contribution in [-0.2, 0) is 4.79 Å². The first-order valence-corrected chi connectivity index (χ1v) is 11.9. The van der Waals surface area contributed by atoms with Crippen molar-refractivity contribution in [1.29, 1.82) is 0 Å². The average Bonchev–Trinajstić information content (AvgIpc) is 2.79. The Hall–Kier alpha value is -3.09. The van der Waals surface area contributed by atoms with Crippen LogP contribution in [0.25, 0.3) is 11.1 Å². The van der Waals surface area contributed by atoms with Crippen LogP contribution in [0, 0.1) is 0 Å². The number of aromatic nitrogens is 1. The number of carbonyl (C=O) groups excluding carboxylic acids is 1. The molecule has 0 aliphatic carbocycles. The minimum atomic E-state index is -0.942. The summed E-state index contributed by atoms with van der Waals surface area (Å²) in [6.07, 6.45) is 5.21. The van der Waals surface area contributed by atoms with Crippen LogP contribution in [0.15, 0.2) is 36.5 Å². The molecule has 0 spiro atoms. The van der Waals surface area contributed by atoms with Crippen LogP contribution < -0.4 is 9.80 Å². The summed E-state index contributed by atoms with van der Waals surface area (Å²) in [4.78, 5) is 34.9. The molecule has 2 atom stereocenters. The van der Waals surface area contributed by atoms with E-state index >= 15 is 0 Å². The number of amides is 2. The Bertz CT molecular complexity index is 1010. The third-order valence-corrected chi connectivity index (χ3v) is 6.86. The molecule has 1 aromatic carbocycles. The highest BCUT2D eigenvalue weighted by molar-refractivity contribution is 5.94. The standard InChI is InChI=1S/C26H34N4O3/c1-17(2)29(26(32)33)24-14-18(3)30(19(4)31)23-10-8-20(15-22(23)24)21-9-11-25(27-16-21)28-12-6-5-7-13-28/h8-11,15-18,24H,5-7,12-14H2,1-4H3,(H,32,33)/t18-,24+/m0/s1. The largest absolute Gasteiger partial charge is 0.465 e. The van der Waals surface area contributed by atoms with Crippen LogP contribution in [0.5, 0.6) is 0 Å². The minimum Gasteiger partial charge on any atom is -0.465 e. The summed E-state index contributed by atoms with van der Waals surface area (Å²) in [5.74, 6) is 0.969. The van der Waals surface area contributed by atoms with E-state index in [1.807, 2.05) is 45.2 Å². The number of hydrogen-bond acceptors (Lipinski definition) is 4. The van der Waals surface area contributed by atoms with Gasteiger partial charge in [0.25, 0.3) is 0 Å². The second kappa shape index (κ2) is 9.41. The van der Waals surface area contributed by atoms with E-state index in [-0.39, 0.29) is 24.0 Å². The van der Waals surface area contributed by atoms with Crippen LogP contribution >= 0.6 is 0 Å². The first-order valence-electron chi connectivity index (χ1n) is 11.9. The van der Waals surface area contributed by atoms with E-state index in [2.05, 4.69) is 17.0 Å². The molecule has 0 bridgehead atoms. The molecule has 1 aromatic heterocycles. The zero-order valence-electron chi connectivity index (χ0n) is 20.0. The normalized spacial score (nSPS) is 20.5. The van der Waals surface area contributed by atoms with E-state index in [0.717, 1.165) is 41.3 Å². The van der Waals surface area contributed by atoms with Crippen LogP contribution in [-0.4, -0.2) is 52.2 Å². The highest BCUT2D eigenvalue weighted by Gasteiger charge is 2.38. The molecule has 7 nitrogen and oxygen atoms in total. The van der Waals surface area contributed by atoms with Crippen molar-refractivity contribution >= 4 is 23.5 Å². The van der Waals surface area contributed by atoms with Crippen LogP contribution in [0.3, 0.4) is 0 Å². The average molecular weight is 451 g/mol. The molecule has 33 heavy (non-hydrogen) atoms. The van der Waals surface area contributed by atoms with Gasteiger partial charge >= 0.3 is 6.09 Å². The molecule has 0 saturated carbocycles. The number of hydrogen-bond donors (Lipinski definition) is 1. The van der Waals surface area contributed by atoms with Crippen molar-refractivity contribution < 1.29 is 14.7 Å². The molecule has 0 radical (unpaired) electrons. The van der Waals surface area contributed by atoms with E-state index < -0.39 is 6.09 Å². The van der Waals surface area contributed by atoms with Crippen molar-refractivity contribution in [3.8, 4) is 11.1 Å². The molecule has 1 saturated heterocycles. The maximum absolute atomic E-state index is 12.4. The van der Waals surface area contributed by atoms with Gasteiger partial charge in [-0.05, 0) is 81.8 Å². The van der Waals surface area contributed by atoms with Gasteiger partial charge < -0.3 is 14.9 Å². The highest BCUT2D eigenvalue weighted by Crippen LogP contribution is 2.43. The molecule has 1 N–H and O–H groups in total. The third-order valence-electron chi connectivity index (χ3n) is 6.86. The molecule has 176 valence electrons. The van der Waals surface area contributed by atoms with Gasteiger partial charge in [0.15, 0.2) is 0 Å². The van der Waals surface area contributed by atoms with Crippen molar-refractivity contribution in [2.45, 2.75) is 71.5 Å². The lowest BCUT2D eigenvalue weighted by molar-refractivity contribution is -0.117. The van der Waals surface area contributed by atoms with Gasteiger partial charge in [-0.25, -0.2) is 9.78 Å². The van der Waals surface area contributed by atoms with Gasteiger partial charge in [0.2, 0.25) is 5.91 Å². The zero-order valence-corrected chi connectivity index (χ0v) is 20.0. The Balaban J connectivity index is 1.73. The van der Waals surface area contributed by atoms with Gasteiger partial charge in [-0.2, -0.15) is 0 Å². The van der Waals surface area contributed by atoms with Crippen LogP contribution in [0.1, 0.15) is 65.0 Å². The summed E-state index contributed by atoms with van der Waals surface area (Å²) >= 11 is 0. The number of anilines is 2. The van der Waals surface area contributed by atoms with Crippen molar-refractivity contribution in [3.05, 3.63) is 42.1 Å². The number of benzene rings is 1. The summed E-state index contributed by atoms with van der Waals surface area (Å²) in [6, 6.07) is 9.57. The van der Waals surface area contributed by atoms with Crippen molar-refractivity contribution in [3.63, 3.8) is 0 Å². The Labute approximate surface area is 196 Å². The second-order valence-corrected chi connectivity index (χ2v) is 9.50. The topological polar surface area (TPSA) is 77.0 Å². The van der Waals surface area contributed by atoms with Gasteiger partial charge in [-0.15, -0.1) is 0 Å². The molecule has 1 fully saturated rings. The summed E-state index contributed by atoms with van der Waals surface area (Å²) in [6.45, 7) is 9.42. The lowest BCUT2D eigenvalue weighted by atomic mass is 9.88. The zero-order chi connectivity index (χ0) is 23.7. The lowest BCUT2D eigenvalue weighted by Crippen LogP contribution is -2.48. The van der Waals surface area contributed by atoms with Gasteiger partial charge in [0.05, 0.1) is 6.04 Å². The minimum absolute atomic E-state index is 0.0334. The summed E-state index contributed by atoms with van der Waals surface area (Å²) in [5, 5.41) is 9.95. The Morgan fingerprint density at radius 2 is 1.79 bits per heavy atom. The molecule has 2 aliphatic rings. The fourth-order valence-electron chi connectivity index (χ4n) is 5.34. The smallest absolute Gasteiger partial charge is 0.408 e. The number of pyridine rings is 1. The summed E-state index contributed by atoms with van der Waals surface area (Å²) in [5.41, 5.74) is 3.62. The van der Waals surface area contributed by atoms with Gasteiger partial charge in [0, 0.05) is 49.5 Å². The molecular weight excluding hydrogens is 416 g/mol. The molecule has 2 aromatic rings. The Morgan fingerprint density at radius 3 is 2.36 bits per heavy atom. The van der Waals surface area contributed by atoms with Gasteiger partial charge in [0.1, 0.15) is 5.82 Å². The summed E-state index contributed by atoms with van der Waals surface area (Å²) < 4.78 is 0. The number of piperidine rings is 1. The number of fused-ring (bicyclic) bond motifs is 1. The summed E-state index contributed by atoms with van der Waals surface area (Å²) in [7, 11) is 0. The lowest BCUT2D eigenvalue weighted by Gasteiger charge is -2.43. The number of carboxylic acid groups (broad SMARTS) is 1. The van der Waals surface area contributed by atoms with Crippen LogP contribution in [0.4, 0.5) is 16.3 Å². The Morgan fingerprint density at radius 1 is 1.09 bits per heavy atom. The predicted octanol–water partition coefficient (Wildman–Crippen LogP) is 5.31. The molecular formula is C26H34N4O3. The quantitative estimate of drug-likeness (QED) is 0.683. The van der Waals surface area contributed by atoms with E-state index in [1.165, 1.54) is 24.2 Å². The fraction of sp³-hybridized carbons (Fsp3) is 0.500. The molecule has 4 rings (SSSR count). The van der Waals surface area contributed by atoms with Crippen LogP contribution in [0.2, 0.25) is 0 Å². The number of nitrogens with zero attached hydrogens (tertiary/aromatic N) is 4. The van der Waals surface area contributed by atoms with Crippen molar-refractivity contribution in [2.75, 3.05) is 22.9 Å². The van der Waals surface area contributed by atoms with Crippen molar-refractivity contribution in [1.82, 2.24) is 9.88 Å². The van der Waals surface area contributed by atoms with Gasteiger partial charge in [-0.1, -0.05) is 6.07 Å². The molecule has 3 heterocycles. The second-order valence-electron chi connectivity index (χ2n) is 9.50. The number of rotatable bonds is 4. The van der Waals surface area contributed by atoms with Gasteiger partial charge in [-0.3, -0.25) is 9.69 Å². The highest BCUT2D eigenvalue weighted by atomic mass is 16.4. The van der Waals surface area contributed by atoms with E-state index in [4.69, 9.17) is 4.98 Å². The Kier molecular flexibility index (Phi) is 6.58. The molecule has 2 aliphatic heterocycles. The predicted molar refractivity (Wildman–Crippen MR) is 131 cm³/mol. The van der Waals surface area contributed by atoms with Crippen molar-refractivity contribution in [2.24, 2.45) is 0 Å². The number of carbonyl (C=O) groups is 2. The fourth-order valence-corrected chi connectivity index (χ4v) is 5.34. The first kappa shape index (κ1) is 23.1. The first-order chi connectivity index (χ1) is 15.8. The van der Waals surface area contributed by atoms with E-state index in [9.17, 15) is 14.7 Å². The maximum atomic E-state index is 12.4. The molecule has 7 heteroatoms.